The molecule has 0 heterocycles. The zero-order valence-corrected chi connectivity index (χ0v) is 12.3. The maximum absolute atomic E-state index is 13.5. The third kappa shape index (κ3) is 3.91. The van der Waals surface area contributed by atoms with E-state index in [1.54, 1.807) is 6.07 Å². The van der Waals surface area contributed by atoms with Gasteiger partial charge in [-0.05, 0) is 42.0 Å². The van der Waals surface area contributed by atoms with Gasteiger partial charge in [-0.1, -0.05) is 21.1 Å². The molecule has 0 aliphatic carbocycles. The fourth-order valence-electron chi connectivity index (χ4n) is 1.69. The third-order valence-corrected chi connectivity index (χ3v) is 3.14. The molecule has 0 fully saturated rings. The predicted molar refractivity (Wildman–Crippen MR) is 77.3 cm³/mol. The van der Waals surface area contributed by atoms with Crippen molar-refractivity contribution in [3.8, 4) is 5.75 Å². The summed E-state index contributed by atoms with van der Waals surface area (Å²) in [6, 6.07) is 8.11. The van der Waals surface area contributed by atoms with Crippen molar-refractivity contribution >= 4 is 21.8 Å². The van der Waals surface area contributed by atoms with E-state index < -0.39 is 11.6 Å². The van der Waals surface area contributed by atoms with Gasteiger partial charge in [0.15, 0.2) is 17.4 Å². The van der Waals surface area contributed by atoms with Crippen LogP contribution in [0.4, 0.5) is 8.78 Å². The maximum atomic E-state index is 13.5. The second kappa shape index (κ2) is 6.53. The molecule has 2 aromatic carbocycles. The largest absolute Gasteiger partial charge is 0.486 e. The standard InChI is InChI=1S/C14H11BrF2N2O2/c15-10-1-2-12(17)13(6-10)21-7-8-3-9(14(18)19-20)5-11(16)4-8/h1-6,20H,7H2,(H2,18,19). The average molecular weight is 357 g/mol. The molecular formula is C14H11BrF2N2O2. The van der Waals surface area contributed by atoms with Crippen LogP contribution in [0.2, 0.25) is 0 Å². The van der Waals surface area contributed by atoms with Crippen LogP contribution in [0.25, 0.3) is 0 Å². The maximum Gasteiger partial charge on any atom is 0.170 e. The van der Waals surface area contributed by atoms with Gasteiger partial charge in [0.05, 0.1) is 0 Å². The van der Waals surface area contributed by atoms with Crippen molar-refractivity contribution in [2.24, 2.45) is 10.9 Å². The second-order valence-electron chi connectivity index (χ2n) is 4.20. The van der Waals surface area contributed by atoms with E-state index in [-0.39, 0.29) is 23.8 Å². The Morgan fingerprint density at radius 3 is 2.71 bits per heavy atom. The molecule has 0 saturated heterocycles. The fourth-order valence-corrected chi connectivity index (χ4v) is 2.03. The van der Waals surface area contributed by atoms with Crippen LogP contribution >= 0.6 is 15.9 Å². The minimum absolute atomic E-state index is 0.0407. The summed E-state index contributed by atoms with van der Waals surface area (Å²) in [5.41, 5.74) is 6.05. The lowest BCUT2D eigenvalue weighted by molar-refractivity contribution is 0.289. The zero-order valence-electron chi connectivity index (χ0n) is 10.7. The minimum Gasteiger partial charge on any atom is -0.486 e. The molecule has 4 nitrogen and oxygen atoms in total. The van der Waals surface area contributed by atoms with E-state index >= 15 is 0 Å². The molecule has 0 amide bonds. The molecule has 0 aliphatic heterocycles. The first kappa shape index (κ1) is 15.2. The number of benzene rings is 2. The Hall–Kier alpha value is -2.15. The van der Waals surface area contributed by atoms with E-state index in [0.29, 0.717) is 10.0 Å². The molecule has 0 aliphatic rings. The molecule has 21 heavy (non-hydrogen) atoms. The molecule has 0 spiro atoms. The average Bonchev–Trinajstić information content (AvgIpc) is 2.46. The van der Waals surface area contributed by atoms with E-state index in [1.165, 1.54) is 24.3 Å². The van der Waals surface area contributed by atoms with Crippen molar-refractivity contribution in [1.29, 1.82) is 0 Å². The first-order valence-corrected chi connectivity index (χ1v) is 6.64. The molecule has 0 aromatic heterocycles. The lowest BCUT2D eigenvalue weighted by Crippen LogP contribution is -2.14. The zero-order chi connectivity index (χ0) is 15.4. The molecule has 3 N–H and O–H groups in total. The van der Waals surface area contributed by atoms with Gasteiger partial charge in [-0.15, -0.1) is 0 Å². The molecule has 2 rings (SSSR count). The summed E-state index contributed by atoms with van der Waals surface area (Å²) < 4.78 is 33.0. The predicted octanol–water partition coefficient (Wildman–Crippen LogP) is 3.40. The number of amidine groups is 1. The van der Waals surface area contributed by atoms with Crippen LogP contribution in [0, 0.1) is 11.6 Å². The van der Waals surface area contributed by atoms with Crippen LogP contribution in [-0.2, 0) is 6.61 Å². The van der Waals surface area contributed by atoms with Crippen LogP contribution in [0.5, 0.6) is 5.75 Å². The molecular weight excluding hydrogens is 346 g/mol. The quantitative estimate of drug-likeness (QED) is 0.381. The van der Waals surface area contributed by atoms with Crippen LogP contribution in [0.1, 0.15) is 11.1 Å². The number of halogens is 3. The molecule has 0 radical (unpaired) electrons. The van der Waals surface area contributed by atoms with E-state index in [1.807, 2.05) is 0 Å². The van der Waals surface area contributed by atoms with Gasteiger partial charge >= 0.3 is 0 Å². The van der Waals surface area contributed by atoms with Gasteiger partial charge in [-0.25, -0.2) is 8.78 Å². The van der Waals surface area contributed by atoms with Gasteiger partial charge in [0.2, 0.25) is 0 Å². The summed E-state index contributed by atoms with van der Waals surface area (Å²) in [4.78, 5) is 0. The Balaban J connectivity index is 2.20. The van der Waals surface area contributed by atoms with Crippen molar-refractivity contribution in [2.45, 2.75) is 6.61 Å². The fraction of sp³-hybridized carbons (Fsp3) is 0.0714. The minimum atomic E-state index is -0.563. The summed E-state index contributed by atoms with van der Waals surface area (Å²) in [7, 11) is 0. The van der Waals surface area contributed by atoms with Crippen LogP contribution < -0.4 is 10.5 Å². The van der Waals surface area contributed by atoms with E-state index in [2.05, 4.69) is 21.1 Å². The Labute approximate surface area is 128 Å². The van der Waals surface area contributed by atoms with Gasteiger partial charge in [-0.3, -0.25) is 0 Å². The number of hydrogen-bond acceptors (Lipinski definition) is 3. The Morgan fingerprint density at radius 1 is 1.24 bits per heavy atom. The number of nitrogens with two attached hydrogens (primary N) is 1. The number of nitrogens with zero attached hydrogens (tertiary/aromatic N) is 1. The number of hydrogen-bond donors (Lipinski definition) is 2. The van der Waals surface area contributed by atoms with Gasteiger partial charge in [0, 0.05) is 10.0 Å². The van der Waals surface area contributed by atoms with E-state index in [9.17, 15) is 8.78 Å². The van der Waals surface area contributed by atoms with Gasteiger partial charge < -0.3 is 15.7 Å². The summed E-state index contributed by atoms with van der Waals surface area (Å²) in [5, 5.41) is 11.4. The van der Waals surface area contributed by atoms with Gasteiger partial charge in [0.25, 0.3) is 0 Å². The van der Waals surface area contributed by atoms with Crippen molar-refractivity contribution in [3.63, 3.8) is 0 Å². The number of ether oxygens (including phenoxy) is 1. The number of oxime groups is 1. The summed E-state index contributed by atoms with van der Waals surface area (Å²) >= 11 is 3.21. The number of rotatable bonds is 4. The molecule has 0 unspecified atom stereocenters. The van der Waals surface area contributed by atoms with Crippen molar-refractivity contribution in [1.82, 2.24) is 0 Å². The topological polar surface area (TPSA) is 67.8 Å². The Morgan fingerprint density at radius 2 is 2.00 bits per heavy atom. The highest BCUT2D eigenvalue weighted by Crippen LogP contribution is 2.23. The summed E-state index contributed by atoms with van der Waals surface area (Å²) in [5.74, 6) is -1.26. The lowest BCUT2D eigenvalue weighted by Gasteiger charge is -2.09. The highest BCUT2D eigenvalue weighted by molar-refractivity contribution is 9.10. The smallest absolute Gasteiger partial charge is 0.170 e. The highest BCUT2D eigenvalue weighted by atomic mass is 79.9. The Kier molecular flexibility index (Phi) is 4.74. The molecule has 0 atom stereocenters. The SMILES string of the molecule is N/C(=N/O)c1cc(F)cc(COc2cc(Br)ccc2F)c1. The first-order valence-electron chi connectivity index (χ1n) is 5.85. The normalized spacial score (nSPS) is 11.5. The monoisotopic (exact) mass is 356 g/mol. The van der Waals surface area contributed by atoms with E-state index in [0.717, 1.165) is 6.07 Å². The van der Waals surface area contributed by atoms with Crippen LogP contribution in [0.15, 0.2) is 46.0 Å². The third-order valence-electron chi connectivity index (χ3n) is 2.65. The van der Waals surface area contributed by atoms with E-state index in [4.69, 9.17) is 15.7 Å². The Bertz CT molecular complexity index is 693. The molecule has 110 valence electrons. The molecule has 0 saturated carbocycles. The van der Waals surface area contributed by atoms with Crippen LogP contribution in [-0.4, -0.2) is 11.0 Å². The van der Waals surface area contributed by atoms with Crippen molar-refractivity contribution in [3.05, 3.63) is 63.6 Å². The highest BCUT2D eigenvalue weighted by Gasteiger charge is 2.08. The van der Waals surface area contributed by atoms with Gasteiger partial charge in [0.1, 0.15) is 12.4 Å². The van der Waals surface area contributed by atoms with Gasteiger partial charge in [-0.2, -0.15) is 0 Å². The van der Waals surface area contributed by atoms with Crippen molar-refractivity contribution < 1.29 is 18.7 Å². The first-order chi connectivity index (χ1) is 9.99. The molecule has 0 bridgehead atoms. The lowest BCUT2D eigenvalue weighted by atomic mass is 10.1. The van der Waals surface area contributed by atoms with Crippen molar-refractivity contribution in [2.75, 3.05) is 0 Å². The second-order valence-corrected chi connectivity index (χ2v) is 5.11. The molecule has 2 aromatic rings. The van der Waals surface area contributed by atoms with Crippen LogP contribution in [0.3, 0.4) is 0 Å². The molecule has 7 heteroatoms. The summed E-state index contributed by atoms with van der Waals surface area (Å²) in [6.07, 6.45) is 0. The summed E-state index contributed by atoms with van der Waals surface area (Å²) in [6.45, 7) is -0.0587.